The number of benzene rings is 2. The lowest BCUT2D eigenvalue weighted by atomic mass is 10.1. The normalized spacial score (nSPS) is 12.6. The number of ether oxygens (including phenoxy) is 1. The highest BCUT2D eigenvalue weighted by Crippen LogP contribution is 2.23. The Morgan fingerprint density at radius 2 is 1.64 bits per heavy atom. The molecule has 4 nitrogen and oxygen atoms in total. The molecule has 136 valence electrons. The number of rotatable bonds is 9. The maximum absolute atomic E-state index is 10.4. The van der Waals surface area contributed by atoms with Crippen molar-refractivity contribution in [1.29, 1.82) is 0 Å². The third-order valence-corrected chi connectivity index (χ3v) is 4.26. The van der Waals surface area contributed by atoms with E-state index in [1.54, 1.807) is 7.11 Å². The smallest absolute Gasteiger partial charge is 0.123 e. The lowest BCUT2D eigenvalue weighted by Crippen LogP contribution is -2.37. The van der Waals surface area contributed by atoms with Crippen LogP contribution in [0.3, 0.4) is 0 Å². The summed E-state index contributed by atoms with van der Waals surface area (Å²) in [5.41, 5.74) is 2.26. The second-order valence-electron chi connectivity index (χ2n) is 6.49. The van der Waals surface area contributed by atoms with Crippen molar-refractivity contribution in [2.24, 2.45) is 0 Å². The van der Waals surface area contributed by atoms with Gasteiger partial charge in [-0.25, -0.2) is 0 Å². The van der Waals surface area contributed by atoms with Crippen LogP contribution in [0.1, 0.15) is 11.1 Å². The molecule has 0 aromatic heterocycles. The first-order chi connectivity index (χ1) is 12.0. The summed E-state index contributed by atoms with van der Waals surface area (Å²) in [6.07, 6.45) is -0.427. The molecule has 1 atom stereocenters. The molecule has 0 spiro atoms. The highest BCUT2D eigenvalue weighted by Gasteiger charge is 2.13. The zero-order valence-electron chi connectivity index (χ0n) is 15.2. The fourth-order valence-electron chi connectivity index (χ4n) is 2.96. The van der Waals surface area contributed by atoms with Crippen LogP contribution in [-0.4, -0.2) is 55.3 Å². The molecular formula is C20H27ClN2O2. The van der Waals surface area contributed by atoms with E-state index >= 15 is 0 Å². The van der Waals surface area contributed by atoms with Crippen molar-refractivity contribution in [3.63, 3.8) is 0 Å². The molecule has 2 aromatic rings. The Balaban J connectivity index is 1.83. The zero-order chi connectivity index (χ0) is 18.2. The highest BCUT2D eigenvalue weighted by atomic mass is 35.5. The van der Waals surface area contributed by atoms with Crippen molar-refractivity contribution in [1.82, 2.24) is 9.80 Å². The number of hydrogen-bond acceptors (Lipinski definition) is 4. The standard InChI is InChI=1S/C20H27ClN2O2/c1-22(12-16-7-5-4-6-8-16)14-19(24)15-23(2)13-17-11-18(21)9-10-20(17)25-3/h4-11,19,24H,12-15H2,1-3H3. The van der Waals surface area contributed by atoms with Crippen molar-refractivity contribution in [2.75, 3.05) is 34.3 Å². The molecule has 5 heteroatoms. The number of nitrogens with zero attached hydrogens (tertiary/aromatic N) is 2. The monoisotopic (exact) mass is 362 g/mol. The molecule has 0 aliphatic heterocycles. The van der Waals surface area contributed by atoms with Gasteiger partial charge in [0.15, 0.2) is 0 Å². The number of methoxy groups -OCH3 is 1. The fourth-order valence-corrected chi connectivity index (χ4v) is 3.16. The molecule has 25 heavy (non-hydrogen) atoms. The van der Waals surface area contributed by atoms with E-state index in [0.717, 1.165) is 17.9 Å². The van der Waals surface area contributed by atoms with E-state index in [1.165, 1.54) is 5.56 Å². The van der Waals surface area contributed by atoms with Gasteiger partial charge in [0.05, 0.1) is 13.2 Å². The van der Waals surface area contributed by atoms with E-state index in [2.05, 4.69) is 21.9 Å². The minimum absolute atomic E-state index is 0.427. The second-order valence-corrected chi connectivity index (χ2v) is 6.93. The predicted molar refractivity (Wildman–Crippen MR) is 103 cm³/mol. The maximum atomic E-state index is 10.4. The van der Waals surface area contributed by atoms with Gasteiger partial charge >= 0.3 is 0 Å². The topological polar surface area (TPSA) is 35.9 Å². The lowest BCUT2D eigenvalue weighted by Gasteiger charge is -2.25. The number of aliphatic hydroxyl groups excluding tert-OH is 1. The number of aliphatic hydroxyl groups is 1. The van der Waals surface area contributed by atoms with E-state index in [9.17, 15) is 5.11 Å². The van der Waals surface area contributed by atoms with Gasteiger partial charge in [0.1, 0.15) is 5.75 Å². The summed E-state index contributed by atoms with van der Waals surface area (Å²) in [5.74, 6) is 0.812. The third-order valence-electron chi connectivity index (χ3n) is 4.02. The van der Waals surface area contributed by atoms with Gasteiger partial charge in [-0.3, -0.25) is 9.80 Å². The zero-order valence-corrected chi connectivity index (χ0v) is 15.9. The predicted octanol–water partition coefficient (Wildman–Crippen LogP) is 3.27. The van der Waals surface area contributed by atoms with Crippen LogP contribution in [0.15, 0.2) is 48.5 Å². The quantitative estimate of drug-likeness (QED) is 0.742. The molecule has 0 bridgehead atoms. The van der Waals surface area contributed by atoms with Gasteiger partial charge in [-0.2, -0.15) is 0 Å². The Labute approximate surface area is 155 Å². The molecule has 2 rings (SSSR count). The Bertz CT molecular complexity index is 651. The van der Waals surface area contributed by atoms with Crippen LogP contribution in [0.4, 0.5) is 0 Å². The molecule has 2 aromatic carbocycles. The van der Waals surface area contributed by atoms with E-state index in [0.29, 0.717) is 24.7 Å². The van der Waals surface area contributed by atoms with Gasteiger partial charge in [-0.1, -0.05) is 41.9 Å². The first-order valence-electron chi connectivity index (χ1n) is 8.39. The van der Waals surface area contributed by atoms with Gasteiger partial charge in [-0.05, 0) is 37.9 Å². The summed E-state index contributed by atoms with van der Waals surface area (Å²) >= 11 is 6.08. The van der Waals surface area contributed by atoms with Crippen LogP contribution in [0.2, 0.25) is 5.02 Å². The minimum Gasteiger partial charge on any atom is -0.496 e. The van der Waals surface area contributed by atoms with E-state index in [4.69, 9.17) is 16.3 Å². The highest BCUT2D eigenvalue weighted by molar-refractivity contribution is 6.30. The molecule has 0 radical (unpaired) electrons. The molecule has 0 fully saturated rings. The van der Waals surface area contributed by atoms with Gasteiger partial charge in [-0.15, -0.1) is 0 Å². The molecule has 0 aliphatic rings. The van der Waals surface area contributed by atoms with Crippen molar-refractivity contribution in [3.8, 4) is 5.75 Å². The van der Waals surface area contributed by atoms with Crippen molar-refractivity contribution in [2.45, 2.75) is 19.2 Å². The summed E-state index contributed by atoms with van der Waals surface area (Å²) in [4.78, 5) is 4.21. The van der Waals surface area contributed by atoms with Crippen molar-refractivity contribution < 1.29 is 9.84 Å². The van der Waals surface area contributed by atoms with Crippen LogP contribution >= 0.6 is 11.6 Å². The van der Waals surface area contributed by atoms with E-state index in [-0.39, 0.29) is 0 Å². The summed E-state index contributed by atoms with van der Waals surface area (Å²) in [6, 6.07) is 15.9. The first kappa shape index (κ1) is 19.7. The first-order valence-corrected chi connectivity index (χ1v) is 8.77. The number of halogens is 1. The summed E-state index contributed by atoms with van der Waals surface area (Å²) in [6.45, 7) is 2.69. The summed E-state index contributed by atoms with van der Waals surface area (Å²) in [5, 5.41) is 11.1. The average molecular weight is 363 g/mol. The van der Waals surface area contributed by atoms with Gasteiger partial charge < -0.3 is 9.84 Å². The van der Waals surface area contributed by atoms with Gasteiger partial charge in [0.25, 0.3) is 0 Å². The van der Waals surface area contributed by atoms with E-state index in [1.807, 2.05) is 50.5 Å². The number of likely N-dealkylation sites (N-methyl/N-ethyl adjacent to an activating group) is 2. The second kappa shape index (κ2) is 9.78. The van der Waals surface area contributed by atoms with Gasteiger partial charge in [0, 0.05) is 36.8 Å². The molecule has 1 N–H and O–H groups in total. The molecular weight excluding hydrogens is 336 g/mol. The Morgan fingerprint density at radius 1 is 1.00 bits per heavy atom. The largest absolute Gasteiger partial charge is 0.496 e. The van der Waals surface area contributed by atoms with Gasteiger partial charge in [0.2, 0.25) is 0 Å². The van der Waals surface area contributed by atoms with Crippen molar-refractivity contribution >= 4 is 11.6 Å². The Hall–Kier alpha value is -1.59. The molecule has 0 saturated heterocycles. The molecule has 0 heterocycles. The fraction of sp³-hybridized carbons (Fsp3) is 0.400. The van der Waals surface area contributed by atoms with Crippen LogP contribution in [0.25, 0.3) is 0 Å². The maximum Gasteiger partial charge on any atom is 0.123 e. The summed E-state index contributed by atoms with van der Waals surface area (Å²) in [7, 11) is 5.66. The van der Waals surface area contributed by atoms with Crippen molar-refractivity contribution in [3.05, 3.63) is 64.7 Å². The van der Waals surface area contributed by atoms with Crippen LogP contribution in [0, 0.1) is 0 Å². The molecule has 0 amide bonds. The third kappa shape index (κ3) is 6.67. The van der Waals surface area contributed by atoms with E-state index < -0.39 is 6.10 Å². The Kier molecular flexibility index (Phi) is 7.72. The van der Waals surface area contributed by atoms with Crippen LogP contribution in [-0.2, 0) is 13.1 Å². The lowest BCUT2D eigenvalue weighted by molar-refractivity contribution is 0.0865. The van der Waals surface area contributed by atoms with Crippen LogP contribution in [0.5, 0.6) is 5.75 Å². The average Bonchev–Trinajstić information content (AvgIpc) is 2.55. The minimum atomic E-state index is -0.427. The summed E-state index contributed by atoms with van der Waals surface area (Å²) < 4.78 is 5.38. The van der Waals surface area contributed by atoms with Crippen LogP contribution < -0.4 is 4.74 Å². The molecule has 0 saturated carbocycles. The number of hydrogen-bond donors (Lipinski definition) is 1. The Morgan fingerprint density at radius 3 is 2.28 bits per heavy atom. The SMILES string of the molecule is COc1ccc(Cl)cc1CN(C)CC(O)CN(C)Cc1ccccc1. The molecule has 0 aliphatic carbocycles. The molecule has 1 unspecified atom stereocenters.